The van der Waals surface area contributed by atoms with Crippen molar-refractivity contribution >= 4 is 27.4 Å². The zero-order chi connectivity index (χ0) is 12.3. The summed E-state index contributed by atoms with van der Waals surface area (Å²) in [6, 6.07) is 2.36. The molecule has 0 aliphatic carbocycles. The minimum atomic E-state index is 0.386. The van der Waals surface area contributed by atoms with Gasteiger partial charge in [-0.15, -0.1) is 0 Å². The Hall–Kier alpha value is -0.810. The quantitative estimate of drug-likeness (QED) is 0.901. The highest BCUT2D eigenvalue weighted by molar-refractivity contribution is 9.10. The first-order valence-electron chi connectivity index (χ1n) is 5.92. The smallest absolute Gasteiger partial charge is 0.146 e. The summed E-state index contributed by atoms with van der Waals surface area (Å²) in [6.07, 6.45) is 3.92. The van der Waals surface area contributed by atoms with Gasteiger partial charge >= 0.3 is 0 Å². The molecule has 1 atom stereocenters. The Labute approximate surface area is 110 Å². The zero-order valence-corrected chi connectivity index (χ0v) is 11.5. The summed E-state index contributed by atoms with van der Waals surface area (Å²) in [4.78, 5) is 4.12. The molecule has 94 valence electrons. The first kappa shape index (κ1) is 12.6. The minimum Gasteiger partial charge on any atom is -0.382 e. The fourth-order valence-electron chi connectivity index (χ4n) is 2.14. The molecule has 4 nitrogen and oxygen atoms in total. The molecule has 0 amide bonds. The number of hydrogen-bond acceptors (Lipinski definition) is 4. The summed E-state index contributed by atoms with van der Waals surface area (Å²) >= 11 is 3.40. The van der Waals surface area contributed by atoms with Crippen LogP contribution in [0.1, 0.15) is 19.8 Å². The highest BCUT2D eigenvalue weighted by atomic mass is 79.9. The van der Waals surface area contributed by atoms with Crippen molar-refractivity contribution in [3.8, 4) is 0 Å². The zero-order valence-electron chi connectivity index (χ0n) is 9.95. The average Bonchev–Trinajstić information content (AvgIpc) is 2.35. The third-order valence-electron chi connectivity index (χ3n) is 3.24. The lowest BCUT2D eigenvalue weighted by Crippen LogP contribution is -2.31. The predicted octanol–water partition coefficient (Wildman–Crippen LogP) is 2.65. The second-order valence-electron chi connectivity index (χ2n) is 4.47. The SMILES string of the molecule is CC(Nc1cc(Br)cnc1N)C1CCOCC1. The second kappa shape index (κ2) is 5.69. The van der Waals surface area contributed by atoms with E-state index in [9.17, 15) is 0 Å². The van der Waals surface area contributed by atoms with Crippen molar-refractivity contribution in [2.24, 2.45) is 5.92 Å². The summed E-state index contributed by atoms with van der Waals surface area (Å²) in [5.74, 6) is 1.19. The molecule has 1 unspecified atom stereocenters. The highest BCUT2D eigenvalue weighted by Crippen LogP contribution is 2.25. The van der Waals surface area contributed by atoms with Crippen molar-refractivity contribution < 1.29 is 4.74 Å². The van der Waals surface area contributed by atoms with E-state index in [0.717, 1.165) is 36.2 Å². The van der Waals surface area contributed by atoms with Crippen LogP contribution in [-0.2, 0) is 4.74 Å². The van der Waals surface area contributed by atoms with Gasteiger partial charge in [0.05, 0.1) is 5.69 Å². The molecule has 3 N–H and O–H groups in total. The number of aromatic nitrogens is 1. The Balaban J connectivity index is 2.01. The van der Waals surface area contributed by atoms with Gasteiger partial charge in [-0.2, -0.15) is 0 Å². The number of rotatable bonds is 3. The van der Waals surface area contributed by atoms with E-state index >= 15 is 0 Å². The molecule has 0 aromatic carbocycles. The maximum absolute atomic E-state index is 5.85. The van der Waals surface area contributed by atoms with E-state index in [2.05, 4.69) is 33.2 Å². The van der Waals surface area contributed by atoms with Crippen LogP contribution in [0.25, 0.3) is 0 Å². The van der Waals surface area contributed by atoms with E-state index in [-0.39, 0.29) is 0 Å². The molecule has 1 fully saturated rings. The van der Waals surface area contributed by atoms with Gasteiger partial charge in [-0.1, -0.05) is 0 Å². The lowest BCUT2D eigenvalue weighted by atomic mass is 9.93. The lowest BCUT2D eigenvalue weighted by molar-refractivity contribution is 0.0622. The number of nitrogen functional groups attached to an aromatic ring is 1. The van der Waals surface area contributed by atoms with Crippen molar-refractivity contribution in [1.82, 2.24) is 4.98 Å². The molecule has 1 saturated heterocycles. The monoisotopic (exact) mass is 299 g/mol. The van der Waals surface area contributed by atoms with Crippen molar-refractivity contribution in [3.63, 3.8) is 0 Å². The number of nitrogens with zero attached hydrogens (tertiary/aromatic N) is 1. The normalized spacial score (nSPS) is 18.9. The molecule has 1 aromatic rings. The Morgan fingerprint density at radius 3 is 2.94 bits per heavy atom. The van der Waals surface area contributed by atoms with E-state index in [1.165, 1.54) is 0 Å². The molecule has 17 heavy (non-hydrogen) atoms. The van der Waals surface area contributed by atoms with Crippen LogP contribution in [0.15, 0.2) is 16.7 Å². The Bertz CT molecular complexity index is 380. The molecule has 0 radical (unpaired) electrons. The molecule has 1 aliphatic rings. The van der Waals surface area contributed by atoms with Crippen LogP contribution in [0.2, 0.25) is 0 Å². The lowest BCUT2D eigenvalue weighted by Gasteiger charge is -2.29. The Kier molecular flexibility index (Phi) is 4.23. The van der Waals surface area contributed by atoms with E-state index < -0.39 is 0 Å². The standard InChI is InChI=1S/C12H18BrN3O/c1-8(9-2-4-17-5-3-9)16-11-6-10(13)7-15-12(11)14/h6-9,16H,2-5H2,1H3,(H2,14,15). The summed E-state index contributed by atoms with van der Waals surface area (Å²) in [7, 11) is 0. The molecule has 0 bridgehead atoms. The van der Waals surface area contributed by atoms with Gasteiger partial charge in [-0.05, 0) is 47.7 Å². The molecule has 2 rings (SSSR count). The molecule has 5 heteroatoms. The molecule has 2 heterocycles. The van der Waals surface area contributed by atoms with E-state index in [0.29, 0.717) is 17.8 Å². The third kappa shape index (κ3) is 3.33. The van der Waals surface area contributed by atoms with Crippen LogP contribution in [-0.4, -0.2) is 24.2 Å². The number of nitrogens with two attached hydrogens (primary N) is 1. The van der Waals surface area contributed by atoms with E-state index in [1.54, 1.807) is 6.20 Å². The molecule has 0 spiro atoms. The second-order valence-corrected chi connectivity index (χ2v) is 5.38. The van der Waals surface area contributed by atoms with Gasteiger partial charge in [-0.25, -0.2) is 4.98 Å². The minimum absolute atomic E-state index is 0.386. The predicted molar refractivity (Wildman–Crippen MR) is 73.0 cm³/mol. The average molecular weight is 300 g/mol. The van der Waals surface area contributed by atoms with E-state index in [1.807, 2.05) is 6.07 Å². The summed E-state index contributed by atoms with van der Waals surface area (Å²) in [5, 5.41) is 3.45. The van der Waals surface area contributed by atoms with Crippen LogP contribution in [0.3, 0.4) is 0 Å². The fourth-order valence-corrected chi connectivity index (χ4v) is 2.48. The number of anilines is 2. The number of halogens is 1. The van der Waals surface area contributed by atoms with Crippen LogP contribution >= 0.6 is 15.9 Å². The largest absolute Gasteiger partial charge is 0.382 e. The van der Waals surface area contributed by atoms with Crippen molar-refractivity contribution in [2.45, 2.75) is 25.8 Å². The van der Waals surface area contributed by atoms with Crippen LogP contribution in [0.5, 0.6) is 0 Å². The van der Waals surface area contributed by atoms with Gasteiger partial charge in [0.25, 0.3) is 0 Å². The van der Waals surface area contributed by atoms with Gasteiger partial charge in [0.15, 0.2) is 0 Å². The molecule has 1 aromatic heterocycles. The van der Waals surface area contributed by atoms with Gasteiger partial charge in [0, 0.05) is 29.9 Å². The molecule has 0 saturated carbocycles. The van der Waals surface area contributed by atoms with Crippen molar-refractivity contribution in [1.29, 1.82) is 0 Å². The van der Waals surface area contributed by atoms with Crippen molar-refractivity contribution in [2.75, 3.05) is 24.3 Å². The Morgan fingerprint density at radius 2 is 2.24 bits per heavy atom. The van der Waals surface area contributed by atoms with Gasteiger partial charge in [-0.3, -0.25) is 0 Å². The first-order valence-corrected chi connectivity index (χ1v) is 6.71. The van der Waals surface area contributed by atoms with Gasteiger partial charge in [0.2, 0.25) is 0 Å². The van der Waals surface area contributed by atoms with E-state index in [4.69, 9.17) is 10.5 Å². The van der Waals surface area contributed by atoms with Gasteiger partial charge in [0.1, 0.15) is 5.82 Å². The molecular weight excluding hydrogens is 282 g/mol. The fraction of sp³-hybridized carbons (Fsp3) is 0.583. The van der Waals surface area contributed by atoms with Crippen LogP contribution in [0.4, 0.5) is 11.5 Å². The number of nitrogens with one attached hydrogen (secondary N) is 1. The van der Waals surface area contributed by atoms with Gasteiger partial charge < -0.3 is 15.8 Å². The number of ether oxygens (including phenoxy) is 1. The third-order valence-corrected chi connectivity index (χ3v) is 3.68. The number of hydrogen-bond donors (Lipinski definition) is 2. The number of pyridine rings is 1. The summed E-state index contributed by atoms with van der Waals surface area (Å²) in [5.41, 5.74) is 6.75. The first-order chi connectivity index (χ1) is 8.16. The van der Waals surface area contributed by atoms with Crippen molar-refractivity contribution in [3.05, 3.63) is 16.7 Å². The van der Waals surface area contributed by atoms with Crippen LogP contribution < -0.4 is 11.1 Å². The molecular formula is C12H18BrN3O. The summed E-state index contributed by atoms with van der Waals surface area (Å²) < 4.78 is 6.31. The molecule has 1 aliphatic heterocycles. The summed E-state index contributed by atoms with van der Waals surface area (Å²) in [6.45, 7) is 3.92. The maximum Gasteiger partial charge on any atom is 0.146 e. The van der Waals surface area contributed by atoms with Crippen LogP contribution in [0, 0.1) is 5.92 Å². The Morgan fingerprint density at radius 1 is 1.53 bits per heavy atom. The topological polar surface area (TPSA) is 60.2 Å². The highest BCUT2D eigenvalue weighted by Gasteiger charge is 2.20. The maximum atomic E-state index is 5.85.